The number of fused-ring (bicyclic) bond motifs is 8. The maximum atomic E-state index is 14.0. The Bertz CT molecular complexity index is 4600. The highest BCUT2D eigenvalue weighted by Crippen LogP contribution is 2.60. The van der Waals surface area contributed by atoms with Gasteiger partial charge in [0.2, 0.25) is 0 Å². The van der Waals surface area contributed by atoms with Crippen LogP contribution in [0.25, 0.3) is 0 Å². The number of nitrogens with zero attached hydrogens (tertiary/aromatic N) is 8. The molecule has 4 aromatic heterocycles. The summed E-state index contributed by atoms with van der Waals surface area (Å²) in [5, 5.41) is 9.40. The number of hydrogen-bond acceptors (Lipinski definition) is 24. The Hall–Kier alpha value is -11.8. The molecule has 8 amide bonds. The summed E-state index contributed by atoms with van der Waals surface area (Å²) in [7, 11) is 0. The van der Waals surface area contributed by atoms with Crippen LogP contribution in [-0.2, 0) is 0 Å². The van der Waals surface area contributed by atoms with Crippen LogP contribution in [0, 0.1) is 0 Å². The highest BCUT2D eigenvalue weighted by Gasteiger charge is 2.45. The summed E-state index contributed by atoms with van der Waals surface area (Å²) in [4.78, 5) is 150. The second kappa shape index (κ2) is 38.1. The fraction of sp³-hybridized carbons (Fsp3) is 0.500. The summed E-state index contributed by atoms with van der Waals surface area (Å²) in [5.74, 6) is -10.2. The first kappa shape index (κ1) is 84.4. The Morgan fingerprint density at radius 2 is 0.323 bits per heavy atom. The molecule has 28 nitrogen and oxygen atoms in total. The third kappa shape index (κ3) is 17.7. The molecule has 0 unspecified atom stereocenters. The molecule has 0 radical (unpaired) electrons. The van der Waals surface area contributed by atoms with Crippen LogP contribution in [0.2, 0.25) is 0 Å². The molecule has 0 saturated carbocycles. The van der Waals surface area contributed by atoms with Gasteiger partial charge in [0.05, 0.1) is 0 Å². The summed E-state index contributed by atoms with van der Waals surface area (Å²) in [6.07, 6.45) is 38.9. The van der Waals surface area contributed by atoms with Crippen molar-refractivity contribution in [1.82, 2.24) is 61.1 Å². The van der Waals surface area contributed by atoms with Gasteiger partial charge in [0.1, 0.15) is 46.0 Å². The molecule has 0 saturated heterocycles. The number of aromatic nitrogens is 8. The van der Waals surface area contributed by atoms with Gasteiger partial charge in [-0.2, -0.15) is 0 Å². The molecule has 8 aromatic rings. The molecular weight excluding hydrogens is 1580 g/mol. The monoisotopic (exact) mass is 1680 g/mol. The van der Waals surface area contributed by atoms with Crippen LogP contribution >= 0.6 is 0 Å². The topological polar surface area (TPSA) is 362 Å². The first-order chi connectivity index (χ1) is 60.6. The number of imide groups is 4. The lowest BCUT2D eigenvalue weighted by molar-refractivity contribution is 0.0860. The van der Waals surface area contributed by atoms with Gasteiger partial charge in [0, 0.05) is 92.4 Å². The molecular formula is C96H108N12O16. The molecule has 0 fully saturated rings. The Morgan fingerprint density at radius 3 is 0.460 bits per heavy atom. The molecule has 28 heteroatoms. The van der Waals surface area contributed by atoms with E-state index in [9.17, 15) is 38.4 Å². The van der Waals surface area contributed by atoms with Crippen LogP contribution in [-0.4, -0.2) is 87.1 Å². The van der Waals surface area contributed by atoms with Gasteiger partial charge in [-0.05, 0) is 49.9 Å². The first-order valence-electron chi connectivity index (χ1n) is 45.9. The molecule has 4 aromatic carbocycles. The number of rotatable bonds is 40. The largest absolute Gasteiger partial charge is 0.434 e. The van der Waals surface area contributed by atoms with E-state index in [1.165, 1.54) is 51.4 Å². The van der Waals surface area contributed by atoms with E-state index in [1.807, 2.05) is 0 Å². The Morgan fingerprint density at radius 1 is 0.194 bits per heavy atom. The third-order valence-corrected chi connectivity index (χ3v) is 25.6. The van der Waals surface area contributed by atoms with Crippen LogP contribution < -0.4 is 59.2 Å². The van der Waals surface area contributed by atoms with Crippen molar-refractivity contribution in [3.05, 3.63) is 139 Å². The number of carbonyl (C=O) groups is 8. The second-order valence-corrected chi connectivity index (χ2v) is 34.5. The van der Waals surface area contributed by atoms with Crippen molar-refractivity contribution in [3.63, 3.8) is 0 Å². The molecule has 12 heterocycles. The molecule has 0 spiro atoms. The van der Waals surface area contributed by atoms with Crippen LogP contribution in [0.5, 0.6) is 93.0 Å². The van der Waals surface area contributed by atoms with Gasteiger partial charge in [0.25, 0.3) is 94.3 Å². The minimum atomic E-state index is -0.810. The smallest absolute Gasteiger partial charge is 0.284 e. The molecule has 8 bridgehead atoms. The van der Waals surface area contributed by atoms with Gasteiger partial charge in [0.15, 0.2) is 45.6 Å². The second-order valence-electron chi connectivity index (χ2n) is 34.5. The van der Waals surface area contributed by atoms with Crippen molar-refractivity contribution in [2.45, 2.75) is 308 Å². The van der Waals surface area contributed by atoms with Crippen LogP contribution in [0.3, 0.4) is 0 Å². The number of nitrogens with one attached hydrogen (secondary N) is 4. The lowest BCUT2D eigenvalue weighted by atomic mass is 9.76. The maximum absolute atomic E-state index is 14.0. The van der Waals surface area contributed by atoms with Gasteiger partial charge in [-0.15, -0.1) is 0 Å². The van der Waals surface area contributed by atoms with Gasteiger partial charge in [-0.1, -0.05) is 259 Å². The van der Waals surface area contributed by atoms with Gasteiger partial charge < -0.3 is 37.9 Å². The first-order valence-corrected chi connectivity index (χ1v) is 45.9. The number of amides is 8. The minimum absolute atomic E-state index is 0.182. The Balaban J connectivity index is 0.975. The van der Waals surface area contributed by atoms with Crippen LogP contribution in [0.4, 0.5) is 0 Å². The number of carbonyl (C=O) groups excluding carboxylic acids is 8. The average molecular weight is 1690 g/mol. The van der Waals surface area contributed by atoms with Gasteiger partial charge >= 0.3 is 0 Å². The zero-order chi connectivity index (χ0) is 85.5. The Labute approximate surface area is 720 Å². The Kier molecular flexibility index (Phi) is 25.9. The molecule has 17 rings (SSSR count). The normalized spacial score (nSPS) is 17.1. The van der Waals surface area contributed by atoms with Crippen molar-refractivity contribution >= 4 is 47.3 Å². The molecule has 9 aliphatic rings. The number of ether oxygens (including phenoxy) is 8. The third-order valence-electron chi connectivity index (χ3n) is 25.6. The molecule has 124 heavy (non-hydrogen) atoms. The number of benzene rings is 4. The van der Waals surface area contributed by atoms with Crippen molar-refractivity contribution < 1.29 is 76.3 Å². The summed E-state index contributed by atoms with van der Waals surface area (Å²) < 4.78 is 58.5. The van der Waals surface area contributed by atoms with E-state index in [0.717, 1.165) is 154 Å². The quantitative estimate of drug-likeness (QED) is 0.0205. The standard InChI is InChI=1S/C96H108N12O16/c1-5-9-13-17-21-25-29-33-37-41-53-57-45-59-54(42-38-34-30-26-22-18-14-10-6-2)61-47-63-56(44-40-36-32-28-24-20-16-12-8-4)64-48-62-55(43-39-35-31-27-23-19-15-11-7-3)60-46-58(53)66-50-68(60)120-92-94(102-78-76(100-92)84(112)107-86(78)114)122-70(62)52-72(64)124-96-95(103-79-80(104-96)88(116)108-87(79)115)123-71(63)51-69(61)121-93-91(99-75-77(101-93)85(113)106-83(75)111)119-67(59)49-65(57)117-89-90(118-66)98-74-73(97-89)81(109)105-82(74)110/h45-56H,5-44H2,1-4H3,(H,105,109,110)(H,106,111,113)(H,107,112,114)(H,108,115,116). The molecule has 0 atom stereocenters. The maximum Gasteiger partial charge on any atom is 0.284 e. The molecule has 8 aliphatic heterocycles. The van der Waals surface area contributed by atoms with E-state index in [0.29, 0.717) is 95.9 Å². The molecule has 1 aliphatic carbocycles. The van der Waals surface area contributed by atoms with Crippen molar-refractivity contribution in [2.75, 3.05) is 0 Å². The van der Waals surface area contributed by atoms with Crippen molar-refractivity contribution in [2.24, 2.45) is 0 Å². The predicted molar refractivity (Wildman–Crippen MR) is 456 cm³/mol. The van der Waals surface area contributed by atoms with E-state index in [1.54, 1.807) is 24.3 Å². The predicted octanol–water partition coefficient (Wildman–Crippen LogP) is 22.5. The molecule has 648 valence electrons. The summed E-state index contributed by atoms with van der Waals surface area (Å²) >= 11 is 0. The highest BCUT2D eigenvalue weighted by molar-refractivity contribution is 6.21. The van der Waals surface area contributed by atoms with Crippen molar-refractivity contribution in [1.29, 1.82) is 0 Å². The highest BCUT2D eigenvalue weighted by atomic mass is 16.6. The fourth-order valence-corrected chi connectivity index (χ4v) is 19.0. The van der Waals surface area contributed by atoms with E-state index in [4.69, 9.17) is 77.8 Å². The summed E-state index contributed by atoms with van der Waals surface area (Å²) in [6, 6.07) is 15.5. The lowest BCUT2D eigenvalue weighted by Crippen LogP contribution is -2.20. The lowest BCUT2D eigenvalue weighted by Gasteiger charge is -2.30. The zero-order valence-electron chi connectivity index (χ0n) is 71.3. The van der Waals surface area contributed by atoms with E-state index < -0.39 is 70.9 Å². The van der Waals surface area contributed by atoms with E-state index >= 15 is 0 Å². The van der Waals surface area contributed by atoms with Gasteiger partial charge in [-0.3, -0.25) is 59.6 Å². The summed E-state index contributed by atoms with van der Waals surface area (Å²) in [5.41, 5.74) is 2.57. The van der Waals surface area contributed by atoms with Crippen LogP contribution in [0.15, 0.2) is 48.5 Å². The zero-order valence-corrected chi connectivity index (χ0v) is 71.3. The average Bonchev–Trinajstić information content (AvgIpc) is 1.52. The SMILES string of the molecule is CCCCCCCCCCCC1c2cc3c4cc2Oc2nc5c(nc2Oc2cc6c(cc21)C(CCCCCCCCCCC)c1cc2c(cc1Oc1nc7c(nc1O6)C(=O)NC7=O)Oc1nc6c(nc1Oc1cc(c(cc1C2CCCCCCCCCCC)C3CCCCCCCCCCC)Oc1nc2c(nc1O4)C(=O)NC2=O)C(=O)NC6=O)C(=O)NC5=O. The summed E-state index contributed by atoms with van der Waals surface area (Å²) in [6.45, 7) is 8.88. The molecule has 4 N–H and O–H groups in total. The minimum Gasteiger partial charge on any atom is -0.434 e. The van der Waals surface area contributed by atoms with Crippen molar-refractivity contribution in [3.8, 4) is 93.0 Å². The van der Waals surface area contributed by atoms with Gasteiger partial charge in [-0.25, -0.2) is 39.9 Å². The van der Waals surface area contributed by atoms with Crippen LogP contribution in [0.1, 0.15) is 437 Å². The number of unbranched alkanes of at least 4 members (excludes halogenated alkanes) is 32. The van der Waals surface area contributed by atoms with E-state index in [-0.39, 0.29) is 139 Å². The van der Waals surface area contributed by atoms with E-state index in [2.05, 4.69) is 73.2 Å². The fourth-order valence-electron chi connectivity index (χ4n) is 19.0. The number of hydrogen-bond donors (Lipinski definition) is 4.